The van der Waals surface area contributed by atoms with Gasteiger partial charge in [0.25, 0.3) is 0 Å². The molecule has 0 radical (unpaired) electrons. The molecule has 0 aliphatic carbocycles. The smallest absolute Gasteiger partial charge is 0.206 e. The molecule has 4 rings (SSSR count). The van der Waals surface area contributed by atoms with Crippen molar-refractivity contribution in [1.82, 2.24) is 9.66 Å². The lowest BCUT2D eigenvalue weighted by Gasteiger charge is -2.04. The van der Waals surface area contributed by atoms with Gasteiger partial charge in [-0.15, -0.1) is 11.3 Å². The number of benzene rings is 2. The normalized spacial score (nSPS) is 12.0. The third kappa shape index (κ3) is 5.16. The Bertz CT molecular complexity index is 1150. The summed E-state index contributed by atoms with van der Waals surface area (Å²) in [6.07, 6.45) is 4.43. The Kier molecular flexibility index (Phi) is 6.44. The van der Waals surface area contributed by atoms with Crippen molar-refractivity contribution in [1.29, 1.82) is 0 Å². The molecule has 144 valence electrons. The van der Waals surface area contributed by atoms with Gasteiger partial charge in [-0.05, 0) is 36.2 Å². The number of hydrogen-bond donors (Lipinski definition) is 0. The van der Waals surface area contributed by atoms with E-state index in [4.69, 9.17) is 10.1 Å². The maximum absolute atomic E-state index is 4.82. The summed E-state index contributed by atoms with van der Waals surface area (Å²) in [4.78, 5) is 10.0. The Balaban J connectivity index is 1.67. The molecule has 0 saturated carbocycles. The number of aromatic nitrogens is 2. The topological polar surface area (TPSA) is 42.5 Å². The average Bonchev–Trinajstić information content (AvgIpc) is 3.17. The van der Waals surface area contributed by atoms with E-state index in [-0.39, 0.29) is 0 Å². The monoisotopic (exact) mass is 462 g/mol. The first-order valence-electron chi connectivity index (χ1n) is 9.26. The Morgan fingerprint density at radius 1 is 0.966 bits per heavy atom. The summed E-state index contributed by atoms with van der Waals surface area (Å²) in [5.74, 6) is 0. The van der Waals surface area contributed by atoms with Gasteiger partial charge in [0, 0.05) is 28.2 Å². The van der Waals surface area contributed by atoms with Gasteiger partial charge >= 0.3 is 0 Å². The zero-order valence-electron chi connectivity index (χ0n) is 15.6. The predicted octanol–water partition coefficient (Wildman–Crippen LogP) is 5.40. The largest absolute Gasteiger partial charge is 0.257 e. The van der Waals surface area contributed by atoms with E-state index in [0.717, 1.165) is 32.6 Å². The molecular formula is C23H19BrN4S. The lowest BCUT2D eigenvalue weighted by molar-refractivity contribution is 0.816. The molecule has 29 heavy (non-hydrogen) atoms. The number of thiazole rings is 1. The van der Waals surface area contributed by atoms with E-state index in [1.807, 2.05) is 41.1 Å². The van der Waals surface area contributed by atoms with Gasteiger partial charge in [-0.1, -0.05) is 64.5 Å². The van der Waals surface area contributed by atoms with Gasteiger partial charge < -0.3 is 0 Å². The van der Waals surface area contributed by atoms with Crippen LogP contribution in [0.4, 0.5) is 0 Å². The highest BCUT2D eigenvalue weighted by molar-refractivity contribution is 9.10. The van der Waals surface area contributed by atoms with Crippen LogP contribution in [0.2, 0.25) is 0 Å². The van der Waals surface area contributed by atoms with Crippen molar-refractivity contribution >= 4 is 33.5 Å². The molecular weight excluding hydrogens is 444 g/mol. The molecule has 2 aromatic heterocycles. The second-order valence-corrected chi connectivity index (χ2v) is 8.09. The molecule has 0 fully saturated rings. The zero-order chi connectivity index (χ0) is 19.9. The molecule has 4 nitrogen and oxygen atoms in total. The maximum Gasteiger partial charge on any atom is 0.206 e. The highest BCUT2D eigenvalue weighted by atomic mass is 79.9. The summed E-state index contributed by atoms with van der Waals surface area (Å²) in [5, 5.41) is 6.79. The molecule has 0 aliphatic rings. The summed E-state index contributed by atoms with van der Waals surface area (Å²) >= 11 is 5.09. The van der Waals surface area contributed by atoms with Gasteiger partial charge in [0.05, 0.1) is 17.6 Å². The van der Waals surface area contributed by atoms with Crippen molar-refractivity contribution < 1.29 is 0 Å². The Hall–Kier alpha value is -2.83. The number of nitrogens with zero attached hydrogens (tertiary/aromatic N) is 4. The first-order chi connectivity index (χ1) is 14.3. The second-order valence-electron chi connectivity index (χ2n) is 6.34. The van der Waals surface area contributed by atoms with E-state index in [1.54, 1.807) is 23.7 Å². The summed E-state index contributed by atoms with van der Waals surface area (Å²) in [6.45, 7) is 0.712. The third-order valence-electron chi connectivity index (χ3n) is 4.31. The van der Waals surface area contributed by atoms with Crippen LogP contribution in [-0.2, 0) is 6.42 Å². The van der Waals surface area contributed by atoms with Crippen molar-refractivity contribution in [2.45, 2.75) is 6.42 Å². The van der Waals surface area contributed by atoms with Gasteiger partial charge in [0.1, 0.15) is 0 Å². The Morgan fingerprint density at radius 2 is 1.76 bits per heavy atom. The SMILES string of the molecule is Brc1ccc(-c2csc(=NCCc3ccccc3)n2N=Cc2ccccn2)cc1. The predicted molar refractivity (Wildman–Crippen MR) is 123 cm³/mol. The molecule has 2 heterocycles. The summed E-state index contributed by atoms with van der Waals surface area (Å²) in [7, 11) is 0. The first kappa shape index (κ1) is 19.5. The highest BCUT2D eigenvalue weighted by Gasteiger charge is 2.07. The zero-order valence-corrected chi connectivity index (χ0v) is 18.1. The van der Waals surface area contributed by atoms with Crippen LogP contribution >= 0.6 is 27.3 Å². The lowest BCUT2D eigenvalue weighted by atomic mass is 10.2. The molecule has 2 aromatic carbocycles. The molecule has 4 aromatic rings. The van der Waals surface area contributed by atoms with E-state index in [0.29, 0.717) is 6.54 Å². The molecule has 0 amide bonds. The van der Waals surface area contributed by atoms with Crippen LogP contribution in [0.5, 0.6) is 0 Å². The summed E-state index contributed by atoms with van der Waals surface area (Å²) in [6, 6.07) is 24.4. The van der Waals surface area contributed by atoms with Crippen molar-refractivity contribution in [2.24, 2.45) is 10.1 Å². The summed E-state index contributed by atoms with van der Waals surface area (Å²) in [5.41, 5.74) is 4.19. The third-order valence-corrected chi connectivity index (χ3v) is 5.69. The van der Waals surface area contributed by atoms with Crippen molar-refractivity contribution in [2.75, 3.05) is 6.54 Å². The molecule has 0 spiro atoms. The van der Waals surface area contributed by atoms with Gasteiger partial charge in [-0.2, -0.15) is 5.10 Å². The fraction of sp³-hybridized carbons (Fsp3) is 0.0870. The molecule has 0 N–H and O–H groups in total. The van der Waals surface area contributed by atoms with Crippen molar-refractivity contribution in [3.63, 3.8) is 0 Å². The number of rotatable bonds is 6. The van der Waals surface area contributed by atoms with Crippen molar-refractivity contribution in [3.05, 3.63) is 105 Å². The maximum atomic E-state index is 4.82. The molecule has 0 atom stereocenters. The van der Waals surface area contributed by atoms with Gasteiger partial charge in [-0.3, -0.25) is 9.98 Å². The molecule has 0 aliphatic heterocycles. The fourth-order valence-electron chi connectivity index (χ4n) is 2.83. The van der Waals surface area contributed by atoms with E-state index in [9.17, 15) is 0 Å². The average molecular weight is 463 g/mol. The van der Waals surface area contributed by atoms with Crippen LogP contribution in [-0.4, -0.2) is 22.4 Å². The van der Waals surface area contributed by atoms with E-state index in [1.165, 1.54) is 5.56 Å². The Morgan fingerprint density at radius 3 is 2.52 bits per heavy atom. The van der Waals surface area contributed by atoms with Gasteiger partial charge in [0.2, 0.25) is 4.80 Å². The van der Waals surface area contributed by atoms with E-state index >= 15 is 0 Å². The van der Waals surface area contributed by atoms with Crippen LogP contribution in [0.3, 0.4) is 0 Å². The number of hydrogen-bond acceptors (Lipinski definition) is 4. The van der Waals surface area contributed by atoms with Crippen LogP contribution in [0.15, 0.2) is 98.9 Å². The molecule has 0 bridgehead atoms. The first-order valence-corrected chi connectivity index (χ1v) is 10.9. The fourth-order valence-corrected chi connectivity index (χ4v) is 3.96. The molecule has 0 unspecified atom stereocenters. The van der Waals surface area contributed by atoms with Crippen LogP contribution in [0.1, 0.15) is 11.3 Å². The Labute approximate surface area is 182 Å². The standard InChI is InChI=1S/C23H19BrN4S/c24-20-11-9-19(10-12-20)22-17-29-23(26-15-13-18-6-2-1-3-7-18)28(22)27-16-21-8-4-5-14-25-21/h1-12,14,16-17H,13,15H2. The lowest BCUT2D eigenvalue weighted by Crippen LogP contribution is -2.13. The van der Waals surface area contributed by atoms with Crippen LogP contribution in [0.25, 0.3) is 11.3 Å². The van der Waals surface area contributed by atoms with Gasteiger partial charge in [-0.25, -0.2) is 4.68 Å². The van der Waals surface area contributed by atoms with E-state index < -0.39 is 0 Å². The minimum atomic E-state index is 0.712. The number of halogens is 1. The highest BCUT2D eigenvalue weighted by Crippen LogP contribution is 2.22. The number of pyridine rings is 1. The van der Waals surface area contributed by atoms with E-state index in [2.05, 4.69) is 62.7 Å². The molecule has 0 saturated heterocycles. The van der Waals surface area contributed by atoms with Crippen molar-refractivity contribution in [3.8, 4) is 11.3 Å². The second kappa shape index (κ2) is 9.58. The van der Waals surface area contributed by atoms with Crippen LogP contribution < -0.4 is 4.80 Å². The molecule has 6 heteroatoms. The van der Waals surface area contributed by atoms with Gasteiger partial charge in [0.15, 0.2) is 0 Å². The quantitative estimate of drug-likeness (QED) is 0.353. The summed E-state index contributed by atoms with van der Waals surface area (Å²) < 4.78 is 2.95. The van der Waals surface area contributed by atoms with Crippen LogP contribution in [0, 0.1) is 0 Å². The minimum absolute atomic E-state index is 0.712. The minimum Gasteiger partial charge on any atom is -0.257 e.